The SMILES string of the molecule is COC1(C)CCN(C(C)C)C(C(C)(C)C)C1. The topological polar surface area (TPSA) is 12.5 Å². The fourth-order valence-electron chi connectivity index (χ4n) is 2.76. The maximum atomic E-state index is 5.71. The van der Waals surface area contributed by atoms with Crippen LogP contribution in [0, 0.1) is 5.41 Å². The summed E-state index contributed by atoms with van der Waals surface area (Å²) in [6.07, 6.45) is 2.29. The van der Waals surface area contributed by atoms with Crippen molar-refractivity contribution in [2.24, 2.45) is 5.41 Å². The quantitative estimate of drug-likeness (QED) is 0.717. The largest absolute Gasteiger partial charge is 0.378 e. The first-order valence-corrected chi connectivity index (χ1v) is 6.50. The van der Waals surface area contributed by atoms with Gasteiger partial charge in [0.15, 0.2) is 0 Å². The predicted octanol–water partition coefficient (Wildman–Crippen LogP) is 3.31. The number of methoxy groups -OCH3 is 1. The molecule has 2 nitrogen and oxygen atoms in total. The Hall–Kier alpha value is -0.0800. The summed E-state index contributed by atoms with van der Waals surface area (Å²) in [4.78, 5) is 2.64. The Morgan fingerprint density at radius 2 is 1.88 bits per heavy atom. The second-order valence-electron chi connectivity index (χ2n) is 6.82. The number of rotatable bonds is 2. The summed E-state index contributed by atoms with van der Waals surface area (Å²) in [5, 5.41) is 0. The average molecular weight is 227 g/mol. The molecule has 0 radical (unpaired) electrons. The van der Waals surface area contributed by atoms with Crippen molar-refractivity contribution in [1.29, 1.82) is 0 Å². The van der Waals surface area contributed by atoms with E-state index in [2.05, 4.69) is 46.4 Å². The van der Waals surface area contributed by atoms with Gasteiger partial charge in [-0.25, -0.2) is 0 Å². The van der Waals surface area contributed by atoms with Crippen LogP contribution in [-0.4, -0.2) is 36.2 Å². The Bertz CT molecular complexity index is 231. The van der Waals surface area contributed by atoms with Crippen molar-refractivity contribution >= 4 is 0 Å². The third-order valence-corrected chi connectivity index (χ3v) is 4.08. The first-order valence-electron chi connectivity index (χ1n) is 6.50. The molecule has 0 aromatic carbocycles. The van der Waals surface area contributed by atoms with Gasteiger partial charge in [-0.1, -0.05) is 20.8 Å². The Morgan fingerprint density at radius 3 is 2.25 bits per heavy atom. The molecule has 0 bridgehead atoms. The van der Waals surface area contributed by atoms with Crippen molar-refractivity contribution in [3.8, 4) is 0 Å². The summed E-state index contributed by atoms with van der Waals surface area (Å²) in [5.41, 5.74) is 0.397. The van der Waals surface area contributed by atoms with Gasteiger partial charge >= 0.3 is 0 Å². The standard InChI is InChI=1S/C14H29NO/c1-11(2)15-9-8-14(6,16-7)10-12(15)13(3,4)5/h11-12H,8-10H2,1-7H3. The summed E-state index contributed by atoms with van der Waals surface area (Å²) in [7, 11) is 1.85. The van der Waals surface area contributed by atoms with Crippen LogP contribution in [0.1, 0.15) is 54.4 Å². The predicted molar refractivity (Wildman–Crippen MR) is 69.7 cm³/mol. The molecule has 0 N–H and O–H groups in total. The minimum absolute atomic E-state index is 0.0728. The fourth-order valence-corrected chi connectivity index (χ4v) is 2.76. The van der Waals surface area contributed by atoms with Gasteiger partial charge in [0.25, 0.3) is 0 Å². The van der Waals surface area contributed by atoms with E-state index >= 15 is 0 Å². The molecule has 1 rings (SSSR count). The third-order valence-electron chi connectivity index (χ3n) is 4.08. The summed E-state index contributed by atoms with van der Waals surface area (Å²) in [5.74, 6) is 0. The molecule has 1 aliphatic heterocycles. The van der Waals surface area contributed by atoms with Crippen LogP contribution in [0.3, 0.4) is 0 Å². The highest BCUT2D eigenvalue weighted by atomic mass is 16.5. The first-order chi connectivity index (χ1) is 7.19. The molecule has 0 aromatic heterocycles. The highest BCUT2D eigenvalue weighted by Gasteiger charge is 2.42. The lowest BCUT2D eigenvalue weighted by molar-refractivity contribution is -0.0934. The van der Waals surface area contributed by atoms with Crippen molar-refractivity contribution in [1.82, 2.24) is 4.90 Å². The van der Waals surface area contributed by atoms with Crippen LogP contribution >= 0.6 is 0 Å². The molecule has 2 heteroatoms. The maximum absolute atomic E-state index is 5.71. The number of ether oxygens (including phenoxy) is 1. The Balaban J connectivity index is 2.86. The second-order valence-corrected chi connectivity index (χ2v) is 6.82. The van der Waals surface area contributed by atoms with Gasteiger partial charge < -0.3 is 4.74 Å². The van der Waals surface area contributed by atoms with E-state index in [0.29, 0.717) is 17.5 Å². The zero-order valence-corrected chi connectivity index (χ0v) is 12.1. The lowest BCUT2D eigenvalue weighted by atomic mass is 9.75. The lowest BCUT2D eigenvalue weighted by Gasteiger charge is -2.51. The first kappa shape index (κ1) is 14.0. The van der Waals surface area contributed by atoms with E-state index in [1.165, 1.54) is 0 Å². The van der Waals surface area contributed by atoms with Crippen LogP contribution in [0.15, 0.2) is 0 Å². The molecule has 0 amide bonds. The van der Waals surface area contributed by atoms with Crippen LogP contribution in [0.4, 0.5) is 0 Å². The van der Waals surface area contributed by atoms with Gasteiger partial charge in [-0.3, -0.25) is 4.90 Å². The van der Waals surface area contributed by atoms with Crippen molar-refractivity contribution in [2.45, 2.75) is 72.1 Å². The van der Waals surface area contributed by atoms with Gasteiger partial charge in [-0.05, 0) is 39.0 Å². The highest BCUT2D eigenvalue weighted by molar-refractivity contribution is 4.96. The van der Waals surface area contributed by atoms with Gasteiger partial charge in [-0.15, -0.1) is 0 Å². The molecule has 0 aliphatic carbocycles. The third kappa shape index (κ3) is 2.98. The van der Waals surface area contributed by atoms with Crippen LogP contribution in [-0.2, 0) is 4.74 Å². The van der Waals surface area contributed by atoms with E-state index in [4.69, 9.17) is 4.74 Å². The molecule has 16 heavy (non-hydrogen) atoms. The normalized spacial score (nSPS) is 33.4. The molecule has 0 aromatic rings. The van der Waals surface area contributed by atoms with Gasteiger partial charge in [0.1, 0.15) is 0 Å². The van der Waals surface area contributed by atoms with E-state index in [-0.39, 0.29) is 5.60 Å². The van der Waals surface area contributed by atoms with Gasteiger partial charge in [0, 0.05) is 25.7 Å². The van der Waals surface area contributed by atoms with Crippen molar-refractivity contribution in [2.75, 3.05) is 13.7 Å². The Kier molecular flexibility index (Phi) is 4.07. The van der Waals surface area contributed by atoms with E-state index in [0.717, 1.165) is 19.4 Å². The molecule has 1 heterocycles. The van der Waals surface area contributed by atoms with E-state index in [1.54, 1.807) is 0 Å². The Labute approximate surface area is 101 Å². The van der Waals surface area contributed by atoms with Crippen LogP contribution in [0.5, 0.6) is 0 Å². The van der Waals surface area contributed by atoms with Crippen LogP contribution < -0.4 is 0 Å². The van der Waals surface area contributed by atoms with Gasteiger partial charge in [0.05, 0.1) is 5.60 Å². The smallest absolute Gasteiger partial charge is 0.0678 e. The number of likely N-dealkylation sites (tertiary alicyclic amines) is 1. The minimum Gasteiger partial charge on any atom is -0.378 e. The van der Waals surface area contributed by atoms with Crippen LogP contribution in [0.2, 0.25) is 0 Å². The molecular weight excluding hydrogens is 198 g/mol. The van der Waals surface area contributed by atoms with E-state index in [1.807, 2.05) is 7.11 Å². The summed E-state index contributed by atoms with van der Waals surface area (Å²) in [6, 6.07) is 1.25. The molecule has 96 valence electrons. The Morgan fingerprint density at radius 1 is 1.31 bits per heavy atom. The number of hydrogen-bond acceptors (Lipinski definition) is 2. The summed E-state index contributed by atoms with van der Waals surface area (Å²) < 4.78 is 5.71. The summed E-state index contributed by atoms with van der Waals surface area (Å²) in [6.45, 7) is 15.0. The number of hydrogen-bond donors (Lipinski definition) is 0. The highest BCUT2D eigenvalue weighted by Crippen LogP contribution is 2.38. The second kappa shape index (κ2) is 4.66. The number of piperidine rings is 1. The number of nitrogens with zero attached hydrogens (tertiary/aromatic N) is 1. The molecule has 2 atom stereocenters. The molecule has 1 aliphatic rings. The maximum Gasteiger partial charge on any atom is 0.0678 e. The van der Waals surface area contributed by atoms with Gasteiger partial charge in [-0.2, -0.15) is 0 Å². The van der Waals surface area contributed by atoms with Crippen molar-refractivity contribution in [3.63, 3.8) is 0 Å². The zero-order valence-electron chi connectivity index (χ0n) is 12.1. The zero-order chi connectivity index (χ0) is 12.6. The molecule has 1 fully saturated rings. The lowest BCUT2D eigenvalue weighted by Crippen LogP contribution is -2.56. The van der Waals surface area contributed by atoms with E-state index < -0.39 is 0 Å². The molecular formula is C14H29NO. The summed E-state index contributed by atoms with van der Waals surface area (Å²) >= 11 is 0. The molecule has 2 unspecified atom stereocenters. The van der Waals surface area contributed by atoms with Gasteiger partial charge in [0.2, 0.25) is 0 Å². The minimum atomic E-state index is 0.0728. The van der Waals surface area contributed by atoms with Crippen LogP contribution in [0.25, 0.3) is 0 Å². The average Bonchev–Trinajstić information content (AvgIpc) is 2.16. The molecule has 1 saturated heterocycles. The fraction of sp³-hybridized carbons (Fsp3) is 1.00. The monoisotopic (exact) mass is 227 g/mol. The van der Waals surface area contributed by atoms with Crippen molar-refractivity contribution in [3.05, 3.63) is 0 Å². The van der Waals surface area contributed by atoms with E-state index in [9.17, 15) is 0 Å². The molecule has 0 spiro atoms. The molecule has 0 saturated carbocycles. The van der Waals surface area contributed by atoms with Crippen molar-refractivity contribution < 1.29 is 4.74 Å².